The van der Waals surface area contributed by atoms with Gasteiger partial charge >= 0.3 is 0 Å². The molecule has 1 aliphatic rings. The van der Waals surface area contributed by atoms with Gasteiger partial charge in [0.25, 0.3) is 0 Å². The van der Waals surface area contributed by atoms with Crippen LogP contribution in [0.5, 0.6) is 0 Å². The Labute approximate surface area is 719 Å². The lowest BCUT2D eigenvalue weighted by molar-refractivity contribution is 0.616. The summed E-state index contributed by atoms with van der Waals surface area (Å²) in [6, 6.07) is 47.2. The third-order valence-corrected chi connectivity index (χ3v) is 21.1. The molecule has 1 aliphatic carbocycles. The van der Waals surface area contributed by atoms with Crippen LogP contribution in [0.2, 0.25) is 0 Å². The Balaban J connectivity index is 0.000000192. The van der Waals surface area contributed by atoms with Gasteiger partial charge in [-0.3, -0.25) is 19.9 Å². The third-order valence-electron chi connectivity index (χ3n) is 21.1. The van der Waals surface area contributed by atoms with Gasteiger partial charge in [-0.2, -0.15) is 0 Å². The number of nitrogens with one attached hydrogen (secondary N) is 7. The van der Waals surface area contributed by atoms with Crippen molar-refractivity contribution in [3.05, 3.63) is 232 Å². The molecule has 7 aromatic carbocycles. The van der Waals surface area contributed by atoms with Crippen molar-refractivity contribution in [2.45, 2.75) is 330 Å². The number of anilines is 7. The quantitative estimate of drug-likeness (QED) is 0.0364. The van der Waals surface area contributed by atoms with E-state index in [-0.39, 0.29) is 0 Å². The van der Waals surface area contributed by atoms with Crippen LogP contribution in [0.1, 0.15) is 322 Å². The number of hydrogen-bond acceptors (Lipinski definition) is 13. The molecule has 5 heterocycles. The first kappa shape index (κ1) is 96.3. The molecule has 0 unspecified atom stereocenters. The molecular formula is C106H151N13. The average Bonchev–Trinajstić information content (AvgIpc) is 0.850. The number of benzene rings is 7. The molecule has 119 heavy (non-hydrogen) atoms. The van der Waals surface area contributed by atoms with E-state index in [1.165, 1.54) is 149 Å². The summed E-state index contributed by atoms with van der Waals surface area (Å²) in [7, 11) is 0. The van der Waals surface area contributed by atoms with Crippen molar-refractivity contribution in [1.29, 1.82) is 0 Å². The van der Waals surface area contributed by atoms with Gasteiger partial charge in [0.05, 0.1) is 27.9 Å². The van der Waals surface area contributed by atoms with Crippen LogP contribution in [0.3, 0.4) is 0 Å². The van der Waals surface area contributed by atoms with Crippen molar-refractivity contribution in [2.24, 2.45) is 0 Å². The SMILES string of the molecule is CC(C)Nc1cc(C(C)C)cc2c1CCCCCC2.CC(C)Nc1cc(C(C)C)cc2cccnc12.CC(C)Nc1cc(C(C)C)cc2ccncc12.CC(C)Nc1cc(C(C)C)cc2cnccc12.CC(C)Nc1cc(C(C)C)cc2cncnc12.CC(C)Nc1cc(C(C)C)cc2ncccc12.Cc1cc(C(C)C)cc(NC(C)C)c1C. The van der Waals surface area contributed by atoms with E-state index in [0.717, 1.165) is 33.3 Å². The predicted molar refractivity (Wildman–Crippen MR) is 525 cm³/mol. The Hall–Kier alpha value is -9.88. The third kappa shape index (κ3) is 29.8. The molecule has 7 N–H and O–H groups in total. The van der Waals surface area contributed by atoms with Crippen LogP contribution in [0.25, 0.3) is 54.3 Å². The minimum absolute atomic E-state index is 0.399. The fourth-order valence-corrected chi connectivity index (χ4v) is 14.5. The molecule has 0 aliphatic heterocycles. The highest BCUT2D eigenvalue weighted by Gasteiger charge is 2.18. The fraction of sp³-hybridized carbons (Fsp3) is 0.472. The van der Waals surface area contributed by atoms with E-state index in [1.807, 2.05) is 55.5 Å². The molecular weight excluding hydrogens is 1460 g/mol. The van der Waals surface area contributed by atoms with Crippen LogP contribution >= 0.6 is 0 Å². The van der Waals surface area contributed by atoms with Gasteiger partial charge in [-0.15, -0.1) is 0 Å². The molecule has 0 fully saturated rings. The molecule has 13 nitrogen and oxygen atoms in total. The number of rotatable bonds is 21. The fourth-order valence-electron chi connectivity index (χ4n) is 14.5. The van der Waals surface area contributed by atoms with Crippen LogP contribution in [0.4, 0.5) is 39.8 Å². The second-order valence-electron chi connectivity index (χ2n) is 36.9. The molecule has 0 spiro atoms. The zero-order valence-electron chi connectivity index (χ0n) is 78.7. The van der Waals surface area contributed by atoms with Crippen molar-refractivity contribution >= 4 is 94.1 Å². The number of pyridine rings is 4. The van der Waals surface area contributed by atoms with Gasteiger partial charge in [0.15, 0.2) is 0 Å². The van der Waals surface area contributed by atoms with Crippen LogP contribution in [-0.4, -0.2) is 72.2 Å². The summed E-state index contributed by atoms with van der Waals surface area (Å²) < 4.78 is 0. The molecule has 5 aromatic heterocycles. The van der Waals surface area contributed by atoms with Gasteiger partial charge in [0, 0.05) is 146 Å². The van der Waals surface area contributed by atoms with E-state index < -0.39 is 0 Å². The Morgan fingerprint density at radius 3 is 1.18 bits per heavy atom. The summed E-state index contributed by atoms with van der Waals surface area (Å²) in [4.78, 5) is 25.8. The highest BCUT2D eigenvalue weighted by molar-refractivity contribution is 5.96. The van der Waals surface area contributed by atoms with Crippen molar-refractivity contribution in [2.75, 3.05) is 37.2 Å². The van der Waals surface area contributed by atoms with Gasteiger partial charge in [0.2, 0.25) is 0 Å². The summed E-state index contributed by atoms with van der Waals surface area (Å²) in [5, 5.41) is 33.1. The minimum atomic E-state index is 0.399. The van der Waals surface area contributed by atoms with Gasteiger partial charge < -0.3 is 37.2 Å². The van der Waals surface area contributed by atoms with E-state index in [2.05, 4.69) is 384 Å². The van der Waals surface area contributed by atoms with Gasteiger partial charge in [-0.1, -0.05) is 134 Å². The molecule has 0 radical (unpaired) electrons. The topological polar surface area (TPSA) is 162 Å². The monoisotopic (exact) mass is 1610 g/mol. The summed E-state index contributed by atoms with van der Waals surface area (Å²) >= 11 is 0. The van der Waals surface area contributed by atoms with Crippen molar-refractivity contribution in [3.63, 3.8) is 0 Å². The Bertz CT molecular complexity index is 4550. The maximum absolute atomic E-state index is 4.47. The lowest BCUT2D eigenvalue weighted by atomic mass is 9.88. The first-order chi connectivity index (χ1) is 56.4. The molecule has 0 bridgehead atoms. The highest BCUT2D eigenvalue weighted by atomic mass is 15.0. The van der Waals surface area contributed by atoms with E-state index in [1.54, 1.807) is 17.5 Å². The van der Waals surface area contributed by atoms with Crippen molar-refractivity contribution in [1.82, 2.24) is 29.9 Å². The second-order valence-corrected chi connectivity index (χ2v) is 36.9. The van der Waals surface area contributed by atoms with E-state index in [9.17, 15) is 0 Å². The van der Waals surface area contributed by atoms with Gasteiger partial charge in [-0.25, -0.2) is 9.97 Å². The lowest BCUT2D eigenvalue weighted by Gasteiger charge is -2.23. The molecule has 13 rings (SSSR count). The number of fused-ring (bicyclic) bond motifs is 6. The number of aryl methyl sites for hydroxylation is 2. The Morgan fingerprint density at radius 2 is 0.647 bits per heavy atom. The number of aromatic nitrogens is 6. The summed E-state index contributed by atoms with van der Waals surface area (Å²) in [6.07, 6.45) is 22.8. The van der Waals surface area contributed by atoms with Crippen molar-refractivity contribution < 1.29 is 0 Å². The van der Waals surface area contributed by atoms with Crippen LogP contribution in [0.15, 0.2) is 171 Å². The standard InChI is InChI=1S/C18H29N.4C15H20N2.C14H19N3.C14H23N/c1-13(2)16-11-15-9-7-5-6-8-10-17(15)18(12-16)19-14(3)4;1-10(2)12-7-13-9-16-6-5-14(13)15(8-12)17-11(3)4;1-10(2)13-7-12-5-6-16-9-14(12)15(8-13)17-11(3)4;1-10(2)12-8-14-13(6-5-7-16-14)15(9-12)17-11(3)4;1-10(2)13-8-12-6-5-7-16-15(12)14(9-13)17-11(3)4;1-9(2)11-5-12-7-15-8-16-14(12)13(6-11)17-10(3)4;1-9(2)13-7-11(5)12(6)14(8-13)15-10(3)4/h11-14,19H,5-10H2,1-4H3;4*5-11,17H,1-4H3;5-10,17H,1-4H3;7-10,15H,1-6H3. The zero-order valence-corrected chi connectivity index (χ0v) is 78.7. The second kappa shape index (κ2) is 46.6. The minimum Gasteiger partial charge on any atom is -0.383 e. The highest BCUT2D eigenvalue weighted by Crippen LogP contribution is 2.36. The first-order valence-electron chi connectivity index (χ1n) is 44.8. The molecule has 0 saturated heterocycles. The normalized spacial score (nSPS) is 12.1. The molecule has 640 valence electrons. The molecule has 12 aromatic rings. The van der Waals surface area contributed by atoms with E-state index >= 15 is 0 Å². The van der Waals surface area contributed by atoms with E-state index in [0.29, 0.717) is 83.7 Å². The molecule has 0 atom stereocenters. The van der Waals surface area contributed by atoms with Crippen LogP contribution in [-0.2, 0) is 12.8 Å². The average molecular weight is 1610 g/mol. The number of nitrogens with zero attached hydrogens (tertiary/aromatic N) is 6. The number of hydrogen-bond donors (Lipinski definition) is 7. The maximum Gasteiger partial charge on any atom is 0.116 e. The van der Waals surface area contributed by atoms with Crippen molar-refractivity contribution in [3.8, 4) is 0 Å². The molecule has 0 saturated carbocycles. The zero-order chi connectivity index (χ0) is 87.5. The van der Waals surface area contributed by atoms with E-state index in [4.69, 9.17) is 0 Å². The smallest absolute Gasteiger partial charge is 0.116 e. The Kier molecular flexibility index (Phi) is 37.7. The summed E-state index contributed by atoms with van der Waals surface area (Å²) in [5.74, 6) is 3.85. The summed E-state index contributed by atoms with van der Waals surface area (Å²) in [5.41, 5.74) is 27.2. The molecule has 0 amide bonds. The van der Waals surface area contributed by atoms with Crippen LogP contribution < -0.4 is 37.2 Å². The first-order valence-corrected chi connectivity index (χ1v) is 44.8. The summed E-state index contributed by atoms with van der Waals surface area (Å²) in [6.45, 7) is 65.9. The van der Waals surface area contributed by atoms with Gasteiger partial charge in [-0.05, 0) is 342 Å². The largest absolute Gasteiger partial charge is 0.383 e. The van der Waals surface area contributed by atoms with Gasteiger partial charge in [0.1, 0.15) is 6.33 Å². The van der Waals surface area contributed by atoms with Crippen LogP contribution in [0, 0.1) is 13.8 Å². The maximum atomic E-state index is 4.47. The predicted octanol–water partition coefficient (Wildman–Crippen LogP) is 29.8. The molecule has 13 heteroatoms. The Morgan fingerprint density at radius 1 is 0.269 bits per heavy atom. The lowest BCUT2D eigenvalue weighted by Crippen LogP contribution is -2.14.